The first kappa shape index (κ1) is 17.3. The minimum Gasteiger partial charge on any atom is -0.462 e. The average molecular weight is 357 g/mol. The Morgan fingerprint density at radius 3 is 2.68 bits per heavy atom. The molecule has 3 rings (SSSR count). The van der Waals surface area contributed by atoms with E-state index in [1.807, 2.05) is 24.3 Å². The lowest BCUT2D eigenvalue weighted by atomic mass is 10.1. The summed E-state index contributed by atoms with van der Waals surface area (Å²) in [5, 5.41) is 0.695. The number of ether oxygens (including phenoxy) is 1. The number of carbonyl (C=O) groups is 2. The van der Waals surface area contributed by atoms with Crippen LogP contribution < -0.4 is 0 Å². The molecule has 2 aromatic heterocycles. The van der Waals surface area contributed by atoms with E-state index in [1.54, 1.807) is 20.8 Å². The van der Waals surface area contributed by atoms with Gasteiger partial charge in [-0.15, -0.1) is 0 Å². The van der Waals surface area contributed by atoms with Crippen molar-refractivity contribution in [1.29, 1.82) is 0 Å². The number of rotatable bonds is 6. The molecule has 3 aromatic rings. The van der Waals surface area contributed by atoms with Gasteiger partial charge in [0.05, 0.1) is 34.7 Å². The highest BCUT2D eigenvalue weighted by Gasteiger charge is 2.23. The maximum atomic E-state index is 12.6. The van der Waals surface area contributed by atoms with Crippen LogP contribution in [-0.4, -0.2) is 39.1 Å². The van der Waals surface area contributed by atoms with E-state index in [0.717, 1.165) is 11.0 Å². The first-order valence-corrected chi connectivity index (χ1v) is 8.96. The fraction of sp³-hybridized carbons (Fsp3) is 0.278. The lowest BCUT2D eigenvalue weighted by Crippen LogP contribution is -2.08. The summed E-state index contributed by atoms with van der Waals surface area (Å²) in [7, 11) is 0. The van der Waals surface area contributed by atoms with Gasteiger partial charge in [-0.2, -0.15) is 0 Å². The second kappa shape index (κ2) is 7.14. The van der Waals surface area contributed by atoms with Crippen LogP contribution in [0.2, 0.25) is 0 Å². The minimum absolute atomic E-state index is 0.0818. The maximum absolute atomic E-state index is 12.6. The molecule has 2 heterocycles. The summed E-state index contributed by atoms with van der Waals surface area (Å²) in [6.45, 7) is 5.58. The Kier molecular flexibility index (Phi) is 4.94. The van der Waals surface area contributed by atoms with Gasteiger partial charge < -0.3 is 14.7 Å². The highest BCUT2D eigenvalue weighted by molar-refractivity contribution is 7.99. The van der Waals surface area contributed by atoms with Crippen molar-refractivity contribution < 1.29 is 14.3 Å². The van der Waals surface area contributed by atoms with E-state index in [2.05, 4.69) is 15.0 Å². The first-order valence-electron chi connectivity index (χ1n) is 7.98. The van der Waals surface area contributed by atoms with Crippen molar-refractivity contribution in [3.63, 3.8) is 0 Å². The van der Waals surface area contributed by atoms with Crippen molar-refractivity contribution in [1.82, 2.24) is 15.0 Å². The molecule has 0 unspecified atom stereocenters. The predicted octanol–water partition coefficient (Wildman–Crippen LogP) is 3.66. The van der Waals surface area contributed by atoms with Crippen molar-refractivity contribution in [3.05, 3.63) is 46.8 Å². The lowest BCUT2D eigenvalue weighted by Gasteiger charge is -2.02. The number of imidazole rings is 1. The van der Waals surface area contributed by atoms with E-state index in [0.29, 0.717) is 34.3 Å². The SMILES string of the molecule is CCOC(=O)c1c(C)[nH]c(C(=O)CSc2nc3ccccc3[nH]2)c1C. The number of carbonyl (C=O) groups excluding carboxylic acids is 2. The molecule has 6 nitrogen and oxygen atoms in total. The first-order chi connectivity index (χ1) is 12.0. The second-order valence-electron chi connectivity index (χ2n) is 5.62. The summed E-state index contributed by atoms with van der Waals surface area (Å²) < 4.78 is 5.06. The van der Waals surface area contributed by atoms with Crippen molar-refractivity contribution in [2.45, 2.75) is 25.9 Å². The van der Waals surface area contributed by atoms with Gasteiger partial charge in [0.15, 0.2) is 10.9 Å². The Bertz CT molecular complexity index is 909. The van der Waals surface area contributed by atoms with Crippen LogP contribution in [0.3, 0.4) is 0 Å². The number of aromatic amines is 2. The fourth-order valence-electron chi connectivity index (χ4n) is 2.74. The van der Waals surface area contributed by atoms with Crippen LogP contribution in [0.1, 0.15) is 39.0 Å². The van der Waals surface area contributed by atoms with Crippen molar-refractivity contribution in [3.8, 4) is 0 Å². The summed E-state index contributed by atoms with van der Waals surface area (Å²) in [6.07, 6.45) is 0. The van der Waals surface area contributed by atoms with E-state index < -0.39 is 5.97 Å². The third kappa shape index (κ3) is 3.46. The molecule has 2 N–H and O–H groups in total. The van der Waals surface area contributed by atoms with Crippen LogP contribution in [0.15, 0.2) is 29.4 Å². The number of nitrogens with zero attached hydrogens (tertiary/aromatic N) is 1. The summed E-state index contributed by atoms with van der Waals surface area (Å²) in [6, 6.07) is 7.72. The number of para-hydroxylation sites is 2. The molecule has 0 bridgehead atoms. The Hall–Kier alpha value is -2.54. The average Bonchev–Trinajstić information content (AvgIpc) is 3.13. The summed E-state index contributed by atoms with van der Waals surface area (Å²) in [5.41, 5.74) is 3.98. The predicted molar refractivity (Wildman–Crippen MR) is 97.4 cm³/mol. The van der Waals surface area contributed by atoms with Gasteiger partial charge in [0.25, 0.3) is 0 Å². The van der Waals surface area contributed by atoms with Gasteiger partial charge in [-0.1, -0.05) is 23.9 Å². The van der Waals surface area contributed by atoms with E-state index in [-0.39, 0.29) is 11.5 Å². The maximum Gasteiger partial charge on any atom is 0.340 e. The number of fused-ring (bicyclic) bond motifs is 1. The fourth-order valence-corrected chi connectivity index (χ4v) is 3.50. The van der Waals surface area contributed by atoms with E-state index in [1.165, 1.54) is 11.8 Å². The number of aromatic nitrogens is 3. The zero-order valence-electron chi connectivity index (χ0n) is 14.3. The van der Waals surface area contributed by atoms with Crippen LogP contribution in [0, 0.1) is 13.8 Å². The zero-order chi connectivity index (χ0) is 18.0. The highest BCUT2D eigenvalue weighted by atomic mass is 32.2. The Labute approximate surface area is 149 Å². The van der Waals surface area contributed by atoms with Crippen LogP contribution in [-0.2, 0) is 4.74 Å². The molecule has 25 heavy (non-hydrogen) atoms. The lowest BCUT2D eigenvalue weighted by molar-refractivity contribution is 0.0525. The van der Waals surface area contributed by atoms with Gasteiger partial charge in [0, 0.05) is 5.69 Å². The monoisotopic (exact) mass is 357 g/mol. The van der Waals surface area contributed by atoms with Crippen LogP contribution in [0.5, 0.6) is 0 Å². The molecule has 0 amide bonds. The van der Waals surface area contributed by atoms with Crippen LogP contribution >= 0.6 is 11.8 Å². The van der Waals surface area contributed by atoms with Gasteiger partial charge in [0.1, 0.15) is 0 Å². The normalized spacial score (nSPS) is 11.0. The van der Waals surface area contributed by atoms with Gasteiger partial charge in [-0.25, -0.2) is 9.78 Å². The number of hydrogen-bond donors (Lipinski definition) is 2. The molecule has 0 saturated carbocycles. The number of benzene rings is 1. The number of nitrogens with one attached hydrogen (secondary N) is 2. The molecule has 0 atom stereocenters. The van der Waals surface area contributed by atoms with Gasteiger partial charge >= 0.3 is 5.97 Å². The zero-order valence-corrected chi connectivity index (χ0v) is 15.1. The number of H-pyrrole nitrogens is 2. The van der Waals surface area contributed by atoms with Crippen molar-refractivity contribution in [2.24, 2.45) is 0 Å². The summed E-state index contributed by atoms with van der Waals surface area (Å²) in [5.74, 6) is -0.262. The third-order valence-electron chi connectivity index (χ3n) is 3.90. The quantitative estimate of drug-likeness (QED) is 0.399. The number of ketones is 1. The Morgan fingerprint density at radius 1 is 1.20 bits per heavy atom. The second-order valence-corrected chi connectivity index (χ2v) is 6.58. The smallest absolute Gasteiger partial charge is 0.340 e. The largest absolute Gasteiger partial charge is 0.462 e. The number of thioether (sulfide) groups is 1. The Morgan fingerprint density at radius 2 is 1.96 bits per heavy atom. The van der Waals surface area contributed by atoms with Gasteiger partial charge in [-0.3, -0.25) is 4.79 Å². The standard InChI is InChI=1S/C18H19N3O3S/c1-4-24-17(23)15-10(2)16(19-11(15)3)14(22)9-25-18-20-12-7-5-6-8-13(12)21-18/h5-8,19H,4,9H2,1-3H3,(H,20,21). The Balaban J connectivity index is 1.75. The number of aryl methyl sites for hydroxylation is 1. The molecule has 0 saturated heterocycles. The summed E-state index contributed by atoms with van der Waals surface area (Å²) >= 11 is 1.34. The molecule has 7 heteroatoms. The molecule has 0 aliphatic heterocycles. The molecule has 0 aliphatic carbocycles. The van der Waals surface area contributed by atoms with Crippen LogP contribution in [0.25, 0.3) is 11.0 Å². The van der Waals surface area contributed by atoms with Crippen molar-refractivity contribution >= 4 is 34.5 Å². The summed E-state index contributed by atoms with van der Waals surface area (Å²) in [4.78, 5) is 35.2. The molecule has 1 aromatic carbocycles. The molecule has 0 radical (unpaired) electrons. The highest BCUT2D eigenvalue weighted by Crippen LogP contribution is 2.23. The minimum atomic E-state index is -0.405. The molecule has 0 fully saturated rings. The van der Waals surface area contributed by atoms with Crippen LogP contribution in [0.4, 0.5) is 0 Å². The molecule has 0 aliphatic rings. The molecule has 0 spiro atoms. The number of hydrogen-bond acceptors (Lipinski definition) is 5. The molecular formula is C18H19N3O3S. The third-order valence-corrected chi connectivity index (χ3v) is 4.78. The van der Waals surface area contributed by atoms with E-state index in [9.17, 15) is 9.59 Å². The molecule has 130 valence electrons. The number of Topliss-reactive ketones (excluding diaryl/α,β-unsaturated/α-hetero) is 1. The number of esters is 1. The van der Waals surface area contributed by atoms with Crippen molar-refractivity contribution in [2.75, 3.05) is 12.4 Å². The van der Waals surface area contributed by atoms with Gasteiger partial charge in [-0.05, 0) is 38.5 Å². The van der Waals surface area contributed by atoms with E-state index >= 15 is 0 Å². The van der Waals surface area contributed by atoms with E-state index in [4.69, 9.17) is 4.74 Å². The van der Waals surface area contributed by atoms with Gasteiger partial charge in [0.2, 0.25) is 0 Å². The molecular weight excluding hydrogens is 338 g/mol. The topological polar surface area (TPSA) is 87.8 Å².